The van der Waals surface area contributed by atoms with Gasteiger partial charge in [0.05, 0.1) is 6.61 Å². The van der Waals surface area contributed by atoms with E-state index in [0.29, 0.717) is 5.76 Å². The predicted octanol–water partition coefficient (Wildman–Crippen LogP) is -0.0254. The first-order chi connectivity index (χ1) is 5.65. The number of hydrogen-bond donors (Lipinski definition) is 3. The van der Waals surface area contributed by atoms with Crippen LogP contribution >= 0.6 is 0 Å². The zero-order chi connectivity index (χ0) is 9.14. The van der Waals surface area contributed by atoms with Crippen molar-refractivity contribution in [2.45, 2.75) is 19.1 Å². The van der Waals surface area contributed by atoms with Gasteiger partial charge < -0.3 is 19.7 Å². The summed E-state index contributed by atoms with van der Waals surface area (Å²) >= 11 is 0. The molecule has 12 heavy (non-hydrogen) atoms. The molecule has 2 atom stereocenters. The van der Waals surface area contributed by atoms with Gasteiger partial charge >= 0.3 is 0 Å². The van der Waals surface area contributed by atoms with Crippen molar-refractivity contribution >= 4 is 0 Å². The smallest absolute Gasteiger partial charge is 0.140 e. The number of aryl methyl sites for hydroxylation is 1. The first-order valence-electron chi connectivity index (χ1n) is 3.68. The van der Waals surface area contributed by atoms with Crippen LogP contribution in [0.25, 0.3) is 0 Å². The molecule has 4 nitrogen and oxygen atoms in total. The van der Waals surface area contributed by atoms with E-state index in [1.807, 2.05) is 0 Å². The molecule has 0 unspecified atom stereocenters. The van der Waals surface area contributed by atoms with Crippen LogP contribution in [0.4, 0.5) is 0 Å². The lowest BCUT2D eigenvalue weighted by atomic mass is 10.2. The molecule has 1 heterocycles. The van der Waals surface area contributed by atoms with E-state index < -0.39 is 18.8 Å². The third-order valence-electron chi connectivity index (χ3n) is 1.60. The molecule has 0 aliphatic heterocycles. The summed E-state index contributed by atoms with van der Waals surface area (Å²) < 4.78 is 5.05. The number of aliphatic hydroxyl groups is 3. The highest BCUT2D eigenvalue weighted by Crippen LogP contribution is 2.18. The van der Waals surface area contributed by atoms with Gasteiger partial charge in [0.1, 0.15) is 23.7 Å². The Labute approximate surface area is 70.1 Å². The second-order valence-corrected chi connectivity index (χ2v) is 2.64. The molecule has 0 amide bonds. The van der Waals surface area contributed by atoms with Gasteiger partial charge in [-0.25, -0.2) is 0 Å². The number of furan rings is 1. The number of rotatable bonds is 3. The largest absolute Gasteiger partial charge is 0.464 e. The summed E-state index contributed by atoms with van der Waals surface area (Å²) in [5.74, 6) is 0.934. The maximum absolute atomic E-state index is 9.30. The molecule has 0 bridgehead atoms. The minimum absolute atomic E-state index is 0.272. The van der Waals surface area contributed by atoms with Crippen LogP contribution in [0.3, 0.4) is 0 Å². The van der Waals surface area contributed by atoms with Gasteiger partial charge in [-0.3, -0.25) is 0 Å². The standard InChI is InChI=1S/C8H12O4/c1-5-2-3-7(12-5)8(11)6(10)4-9/h2-3,6,8-11H,4H2,1H3/t6-,8+/m1/s1. The molecule has 3 N–H and O–H groups in total. The van der Waals surface area contributed by atoms with Crippen molar-refractivity contribution in [2.75, 3.05) is 6.61 Å². The molecule has 0 aliphatic carbocycles. The molecule has 0 aliphatic rings. The third kappa shape index (κ3) is 1.85. The maximum atomic E-state index is 9.30. The molecule has 0 fully saturated rings. The topological polar surface area (TPSA) is 73.8 Å². The van der Waals surface area contributed by atoms with Gasteiger partial charge in [-0.1, -0.05) is 0 Å². The van der Waals surface area contributed by atoms with Crippen molar-refractivity contribution in [3.63, 3.8) is 0 Å². The fraction of sp³-hybridized carbons (Fsp3) is 0.500. The summed E-state index contributed by atoms with van der Waals surface area (Å²) in [7, 11) is 0. The molecule has 0 aromatic carbocycles. The number of aliphatic hydroxyl groups excluding tert-OH is 3. The maximum Gasteiger partial charge on any atom is 0.140 e. The molecule has 0 radical (unpaired) electrons. The number of hydrogen-bond acceptors (Lipinski definition) is 4. The molecule has 1 aromatic rings. The minimum Gasteiger partial charge on any atom is -0.464 e. The van der Waals surface area contributed by atoms with E-state index in [0.717, 1.165) is 0 Å². The zero-order valence-corrected chi connectivity index (χ0v) is 6.77. The molecule has 0 saturated carbocycles. The first-order valence-corrected chi connectivity index (χ1v) is 3.68. The van der Waals surface area contributed by atoms with E-state index >= 15 is 0 Å². The van der Waals surface area contributed by atoms with E-state index in [2.05, 4.69) is 0 Å². The summed E-state index contributed by atoms with van der Waals surface area (Å²) in [6.07, 6.45) is -2.33. The molecule has 68 valence electrons. The Kier molecular flexibility index (Phi) is 2.86. The summed E-state index contributed by atoms with van der Waals surface area (Å²) in [6, 6.07) is 3.25. The Balaban J connectivity index is 2.70. The highest BCUT2D eigenvalue weighted by molar-refractivity contribution is 5.09. The van der Waals surface area contributed by atoms with E-state index in [9.17, 15) is 5.11 Å². The van der Waals surface area contributed by atoms with Gasteiger partial charge in [0.15, 0.2) is 0 Å². The molecule has 4 heteroatoms. The average molecular weight is 172 g/mol. The van der Waals surface area contributed by atoms with Crippen LogP contribution in [0.5, 0.6) is 0 Å². The molecule has 1 rings (SSSR count). The Morgan fingerprint density at radius 2 is 2.08 bits per heavy atom. The minimum atomic E-state index is -1.18. The zero-order valence-electron chi connectivity index (χ0n) is 6.77. The normalized spacial score (nSPS) is 16.0. The van der Waals surface area contributed by atoms with E-state index in [-0.39, 0.29) is 5.76 Å². The van der Waals surface area contributed by atoms with Crippen molar-refractivity contribution in [2.24, 2.45) is 0 Å². The first kappa shape index (κ1) is 9.25. The Hall–Kier alpha value is -0.840. The molecular formula is C8H12O4. The van der Waals surface area contributed by atoms with Crippen molar-refractivity contribution in [3.05, 3.63) is 23.7 Å². The Morgan fingerprint density at radius 1 is 1.42 bits per heavy atom. The van der Waals surface area contributed by atoms with Gasteiger partial charge in [-0.2, -0.15) is 0 Å². The van der Waals surface area contributed by atoms with Crippen LogP contribution in [-0.2, 0) is 0 Å². The van der Waals surface area contributed by atoms with Gasteiger partial charge in [-0.05, 0) is 19.1 Å². The van der Waals surface area contributed by atoms with Gasteiger partial charge in [0, 0.05) is 0 Å². The molecular weight excluding hydrogens is 160 g/mol. The van der Waals surface area contributed by atoms with Crippen LogP contribution in [0, 0.1) is 6.92 Å². The predicted molar refractivity (Wildman–Crippen MR) is 41.5 cm³/mol. The van der Waals surface area contributed by atoms with Crippen molar-refractivity contribution in [1.29, 1.82) is 0 Å². The summed E-state index contributed by atoms with van der Waals surface area (Å²) in [6.45, 7) is 1.25. The lowest BCUT2D eigenvalue weighted by Gasteiger charge is -2.12. The second kappa shape index (κ2) is 3.71. The fourth-order valence-corrected chi connectivity index (χ4v) is 0.902. The van der Waals surface area contributed by atoms with Crippen molar-refractivity contribution in [3.8, 4) is 0 Å². The highest BCUT2D eigenvalue weighted by atomic mass is 16.4. The lowest BCUT2D eigenvalue weighted by Crippen LogP contribution is -2.21. The van der Waals surface area contributed by atoms with Crippen LogP contribution in [0.15, 0.2) is 16.5 Å². The average Bonchev–Trinajstić information content (AvgIpc) is 2.49. The van der Waals surface area contributed by atoms with Crippen LogP contribution in [0.1, 0.15) is 17.6 Å². The highest BCUT2D eigenvalue weighted by Gasteiger charge is 2.19. The molecule has 0 saturated heterocycles. The van der Waals surface area contributed by atoms with Gasteiger partial charge in [0.25, 0.3) is 0 Å². The van der Waals surface area contributed by atoms with Crippen LogP contribution in [0.2, 0.25) is 0 Å². The van der Waals surface area contributed by atoms with Gasteiger partial charge in [-0.15, -0.1) is 0 Å². The molecule has 1 aromatic heterocycles. The van der Waals surface area contributed by atoms with Gasteiger partial charge in [0.2, 0.25) is 0 Å². The van der Waals surface area contributed by atoms with E-state index in [4.69, 9.17) is 14.6 Å². The molecule has 0 spiro atoms. The summed E-state index contributed by atoms with van der Waals surface area (Å²) in [5, 5.41) is 26.8. The van der Waals surface area contributed by atoms with Crippen LogP contribution in [-0.4, -0.2) is 28.0 Å². The Bertz CT molecular complexity index is 243. The third-order valence-corrected chi connectivity index (χ3v) is 1.60. The van der Waals surface area contributed by atoms with Crippen molar-refractivity contribution < 1.29 is 19.7 Å². The summed E-state index contributed by atoms with van der Waals surface area (Å²) in [5.41, 5.74) is 0. The second-order valence-electron chi connectivity index (χ2n) is 2.64. The van der Waals surface area contributed by atoms with E-state index in [1.54, 1.807) is 19.1 Å². The fourth-order valence-electron chi connectivity index (χ4n) is 0.902. The monoisotopic (exact) mass is 172 g/mol. The van der Waals surface area contributed by atoms with E-state index in [1.165, 1.54) is 0 Å². The Morgan fingerprint density at radius 3 is 2.50 bits per heavy atom. The summed E-state index contributed by atoms with van der Waals surface area (Å²) in [4.78, 5) is 0. The van der Waals surface area contributed by atoms with Crippen LogP contribution < -0.4 is 0 Å². The quantitative estimate of drug-likeness (QED) is 0.598. The van der Waals surface area contributed by atoms with Crippen molar-refractivity contribution in [1.82, 2.24) is 0 Å². The lowest BCUT2D eigenvalue weighted by molar-refractivity contribution is -0.0254. The SMILES string of the molecule is Cc1ccc([C@@H](O)[C@H](O)CO)o1.